The second kappa shape index (κ2) is 36.2. The fourth-order valence-electron chi connectivity index (χ4n) is 17.0. The number of aromatic amines is 1. The normalized spacial score (nSPS) is 25.5. The van der Waals surface area contributed by atoms with Crippen LogP contribution in [0.15, 0.2) is 121 Å². The molecule has 15 rings (SSSR count). The van der Waals surface area contributed by atoms with Gasteiger partial charge in [-0.3, -0.25) is 28.2 Å². The van der Waals surface area contributed by atoms with Crippen LogP contribution in [0.4, 0.5) is 21.4 Å². The molecule has 33 nitrogen and oxygen atoms in total. The van der Waals surface area contributed by atoms with Gasteiger partial charge in [0.05, 0.1) is 61.3 Å². The molecule has 0 radical (unpaired) electrons. The number of rotatable bonds is 27. The van der Waals surface area contributed by atoms with E-state index in [4.69, 9.17) is 69.8 Å². The number of benzene rings is 3. The zero-order valence-electron chi connectivity index (χ0n) is 71.1. The molecular weight excluding hydrogens is 1730 g/mol. The summed E-state index contributed by atoms with van der Waals surface area (Å²) in [4.78, 5) is 131. The van der Waals surface area contributed by atoms with Crippen molar-refractivity contribution in [3.05, 3.63) is 123 Å². The van der Waals surface area contributed by atoms with Gasteiger partial charge in [0.15, 0.2) is 5.43 Å². The number of methoxy groups -OCH3 is 3. The number of nitrogens with zero attached hydrogens (tertiary/aromatic N) is 5. The molecule has 6 saturated carbocycles. The number of hydrogen-bond donors (Lipinski definition) is 8. The van der Waals surface area contributed by atoms with Gasteiger partial charge in [-0.05, 0) is 162 Å². The minimum Gasteiger partial charge on any atom is -0.495 e. The van der Waals surface area contributed by atoms with Gasteiger partial charge in [0.25, 0.3) is 10.1 Å². The van der Waals surface area contributed by atoms with Crippen LogP contribution in [0.5, 0.6) is 17.2 Å². The average molecular weight is 1840 g/mol. The van der Waals surface area contributed by atoms with Gasteiger partial charge in [0, 0.05) is 82.8 Å². The third-order valence-corrected chi connectivity index (χ3v) is 26.5. The molecule has 16 atom stereocenters. The van der Waals surface area contributed by atoms with E-state index in [1.807, 2.05) is 48.5 Å². The van der Waals surface area contributed by atoms with Crippen molar-refractivity contribution in [3.8, 4) is 40.0 Å². The Balaban J connectivity index is 0.000000173. The molecule has 6 amide bonds. The number of carboxylic acid groups (broad SMARTS) is 1. The molecule has 8 N–H and O–H groups in total. The maximum Gasteiger partial charge on any atom is 0.408 e. The van der Waals surface area contributed by atoms with Crippen molar-refractivity contribution in [1.82, 2.24) is 51.3 Å². The Bertz CT molecular complexity index is 5460. The van der Waals surface area contributed by atoms with Gasteiger partial charge in [-0.2, -0.15) is 8.42 Å². The van der Waals surface area contributed by atoms with E-state index in [-0.39, 0.29) is 84.3 Å². The fourth-order valence-corrected chi connectivity index (χ4v) is 18.9. The monoisotopic (exact) mass is 1830 g/mol. The van der Waals surface area contributed by atoms with E-state index in [0.29, 0.717) is 107 Å². The summed E-state index contributed by atoms with van der Waals surface area (Å²) in [7, 11) is -0.0296. The van der Waals surface area contributed by atoms with Crippen molar-refractivity contribution in [2.24, 2.45) is 46.3 Å². The van der Waals surface area contributed by atoms with E-state index in [0.717, 1.165) is 38.5 Å². The Morgan fingerprint density at radius 2 is 1.09 bits per heavy atom. The lowest BCUT2D eigenvalue weighted by molar-refractivity contribution is -0.148. The van der Waals surface area contributed by atoms with Gasteiger partial charge >= 0.3 is 24.1 Å². The van der Waals surface area contributed by atoms with Crippen LogP contribution in [0, 0.1) is 46.3 Å². The molecule has 2 saturated heterocycles. The summed E-state index contributed by atoms with van der Waals surface area (Å²) < 4.78 is 76.9. The molecule has 0 spiro atoms. The van der Waals surface area contributed by atoms with Crippen molar-refractivity contribution in [3.63, 3.8) is 0 Å². The lowest BCUT2D eigenvalue weighted by atomic mass is 9.85. The number of amides is 6. The fraction of sp³-hybridized carbons (Fsp3) is 0.517. The standard InChI is InChI=1S/C40H49ClN6O9.C31H40BrN3O9S.C16H16ClN3O3/c1-8-22-17-40(22,37(50)51)45-35(48)28-14-24(18-47(28)36(49)34(39(4,5)6)44-38(52)55-23-12-20-11-21(20)13-23)54-30-15-26(27-16-31(56-46-27)42-19(2)3)43-33-25(30)9-10-29(53-7)32(33)41;1-6-19-15-31(19,28(38)42-5)34-26(36)24-14-22(44-45(40,41)23-9-7-20(32)8-10-23)16-35(24)27(37)25(30(2,3)4)33-29(39)43-21-12-17-11-18(17)13-21;1-8(2)18-14-7-11(20-23-14)10-6-12(21)9-4-5-13(22-3)15(17)16(9)19-10/h8-10,15-16,19-24,28,34,42H,1,11-14,17-18H2,2-7H3,(H,44,52)(H,45,48)(H,50,51);6-10,17-19,21-22,24-25H,1,11-16H2,2-5H3,(H,33,39)(H,34,36);4-8,18H,1-3H3,(H,19,21)/t20-,21+,22-,23?,24-,28?,34-,40-;17-,18+,19-,21?,22+,24?,25-,31-;/m11./s1. The number of ether oxygens (including phenoxy) is 6. The number of carboxylic acids is 1. The van der Waals surface area contributed by atoms with E-state index < -0.39 is 122 Å². The summed E-state index contributed by atoms with van der Waals surface area (Å²) in [6.07, 6.45) is 5.21. The number of aromatic nitrogens is 4. The number of nitrogens with one attached hydrogen (secondary N) is 7. The summed E-state index contributed by atoms with van der Waals surface area (Å²) in [6, 6.07) is 15.0. The van der Waals surface area contributed by atoms with Crippen molar-refractivity contribution in [2.45, 2.75) is 210 Å². The lowest BCUT2D eigenvalue weighted by Gasteiger charge is -2.35. The van der Waals surface area contributed by atoms with Crippen LogP contribution >= 0.6 is 39.1 Å². The van der Waals surface area contributed by atoms with Crippen molar-refractivity contribution in [2.75, 3.05) is 45.1 Å². The third kappa shape index (κ3) is 20.1. The maximum atomic E-state index is 14.6. The van der Waals surface area contributed by atoms with Crippen LogP contribution in [0.3, 0.4) is 0 Å². The van der Waals surface area contributed by atoms with Gasteiger partial charge in [-0.25, -0.2) is 24.2 Å². The summed E-state index contributed by atoms with van der Waals surface area (Å²) in [5, 5.41) is 37.1. The van der Waals surface area contributed by atoms with Gasteiger partial charge in [0.2, 0.25) is 35.4 Å². The minimum atomic E-state index is -4.26. The molecular formula is C87H105BrCl2N12O21S. The number of carbonyl (C=O) groups excluding carboxylic acids is 7. The zero-order chi connectivity index (χ0) is 89.7. The van der Waals surface area contributed by atoms with E-state index in [1.54, 1.807) is 81.4 Å². The van der Waals surface area contributed by atoms with Crippen LogP contribution in [-0.2, 0) is 57.3 Å². The highest BCUT2D eigenvalue weighted by Gasteiger charge is 2.63. The van der Waals surface area contributed by atoms with Gasteiger partial charge < -0.3 is 89.3 Å². The summed E-state index contributed by atoms with van der Waals surface area (Å²) in [6.45, 7) is 25.8. The van der Waals surface area contributed by atoms with Crippen molar-refractivity contribution in [1.29, 1.82) is 0 Å². The maximum absolute atomic E-state index is 14.6. The number of aliphatic carboxylic acids is 1. The van der Waals surface area contributed by atoms with Crippen molar-refractivity contribution < 1.29 is 93.5 Å². The molecule has 124 heavy (non-hydrogen) atoms. The smallest absolute Gasteiger partial charge is 0.408 e. The Kier molecular flexibility index (Phi) is 26.6. The molecule has 8 aliphatic rings. The molecule has 7 aromatic rings. The second-order valence-electron chi connectivity index (χ2n) is 35.8. The number of hydrogen-bond acceptors (Lipinski definition) is 25. The molecule has 666 valence electrons. The molecule has 4 unspecified atom stereocenters. The average Bonchev–Trinajstić information content (AvgIpc) is 1.57. The highest BCUT2D eigenvalue weighted by molar-refractivity contribution is 9.10. The first-order chi connectivity index (χ1) is 58.6. The molecule has 6 heterocycles. The van der Waals surface area contributed by atoms with Crippen LogP contribution in [0.25, 0.3) is 44.6 Å². The quantitative estimate of drug-likeness (QED) is 0.0103. The second-order valence-corrected chi connectivity index (χ2v) is 39.1. The molecule has 2 aliphatic heterocycles. The summed E-state index contributed by atoms with van der Waals surface area (Å²) in [5.74, 6) is -0.575. The Morgan fingerprint density at radius 1 is 0.613 bits per heavy atom. The van der Waals surface area contributed by atoms with E-state index >= 15 is 0 Å². The number of pyridine rings is 2. The first-order valence-corrected chi connectivity index (χ1v) is 44.2. The minimum absolute atomic E-state index is 0.00758. The Labute approximate surface area is 735 Å². The topological polar surface area (TPSA) is 432 Å². The molecule has 6 aliphatic carbocycles. The van der Waals surface area contributed by atoms with Gasteiger partial charge in [-0.15, -0.1) is 13.2 Å². The molecule has 4 aromatic heterocycles. The number of fused-ring (bicyclic) bond motifs is 4. The molecule has 8 fully saturated rings. The largest absolute Gasteiger partial charge is 0.495 e. The number of H-pyrrole nitrogens is 1. The number of halogens is 3. The molecule has 37 heteroatoms. The molecule has 3 aromatic carbocycles. The number of likely N-dealkylation sites (tertiary alicyclic amines) is 2. The summed E-state index contributed by atoms with van der Waals surface area (Å²) in [5.41, 5.74) is -1.93. The third-order valence-electron chi connectivity index (χ3n) is 23.9. The van der Waals surface area contributed by atoms with Crippen LogP contribution in [0.2, 0.25) is 10.0 Å². The predicted molar refractivity (Wildman–Crippen MR) is 462 cm³/mol. The SMILES string of the molecule is C=C[C@@H]1C[C@]1(NC(=O)C1C[C@@H](Oc2cc(-c3cc(NC(C)C)on3)nc3c(Cl)c(OC)ccc23)CN1C(=O)[C@@H](NC(=O)OC1C[C@@H]2C[C@@H]2C1)C(C)(C)C)C(=O)O.C=C[C@@H]1C[C@]1(NC(=O)C1C[C@H](OS(=O)(=O)c2ccc(Br)cc2)CN1C(=O)[C@@H](NC(=O)OC1C[C@@H]2C[C@@H]2C1)C(C)(C)C)C(=O)OC.COc1ccc2c(=O)cc(-c3cc(NC(C)C)on3)[nH]c2c1Cl. The van der Waals surface area contributed by atoms with E-state index in [9.17, 15) is 56.7 Å². The van der Waals surface area contributed by atoms with Crippen LogP contribution < -0.4 is 51.5 Å². The molecule has 0 bridgehead atoms. The number of anilines is 2. The van der Waals surface area contributed by atoms with E-state index in [2.05, 4.69) is 76.3 Å². The van der Waals surface area contributed by atoms with Gasteiger partial charge in [-0.1, -0.05) is 103 Å². The van der Waals surface area contributed by atoms with E-state index in [1.165, 1.54) is 55.4 Å². The highest BCUT2D eigenvalue weighted by atomic mass is 79.9. The van der Waals surface area contributed by atoms with Crippen LogP contribution in [0.1, 0.15) is 133 Å². The first-order valence-electron chi connectivity index (χ1n) is 41.2. The van der Waals surface area contributed by atoms with Gasteiger partial charge in [0.1, 0.15) is 92.2 Å². The Morgan fingerprint density at radius 3 is 1.57 bits per heavy atom. The number of alkyl carbamates (subject to hydrolysis) is 2. The first kappa shape index (κ1) is 91.2. The van der Waals surface area contributed by atoms with Crippen molar-refractivity contribution >= 4 is 131 Å². The highest BCUT2D eigenvalue weighted by Crippen LogP contribution is 2.54. The lowest BCUT2D eigenvalue weighted by Crippen LogP contribution is -2.59. The summed E-state index contributed by atoms with van der Waals surface area (Å²) >= 11 is 16.4. The Hall–Kier alpha value is -10.5. The number of carbonyl (C=O) groups is 8. The number of esters is 1. The zero-order valence-corrected chi connectivity index (χ0v) is 75.0. The predicted octanol–water partition coefficient (Wildman–Crippen LogP) is 12.8. The van der Waals surface area contributed by atoms with Crippen LogP contribution in [-0.4, -0.2) is 198 Å².